The van der Waals surface area contributed by atoms with Crippen LogP contribution in [0.15, 0.2) is 114 Å². The van der Waals surface area contributed by atoms with Crippen molar-refractivity contribution in [2.75, 3.05) is 0 Å². The van der Waals surface area contributed by atoms with Crippen LogP contribution in [0.3, 0.4) is 0 Å². The average molecular weight is 578 g/mol. The van der Waals surface area contributed by atoms with Gasteiger partial charge >= 0.3 is 6.18 Å². The van der Waals surface area contributed by atoms with Crippen LogP contribution in [0.4, 0.5) is 13.2 Å². The monoisotopic (exact) mass is 576 g/mol. The molecule has 5 heteroatoms. The first-order chi connectivity index (χ1) is 18.9. The molecule has 0 amide bonds. The Bertz CT molecular complexity index is 1610. The number of halogens is 5. The molecule has 2 atom stereocenters. The van der Waals surface area contributed by atoms with E-state index in [0.29, 0.717) is 5.56 Å². The van der Waals surface area contributed by atoms with Gasteiger partial charge in [0.25, 0.3) is 0 Å². The van der Waals surface area contributed by atoms with E-state index in [9.17, 15) is 13.2 Å². The summed E-state index contributed by atoms with van der Waals surface area (Å²) in [5.74, 6) is 0. The number of hydrogen-bond donors (Lipinski definition) is 0. The molecule has 5 rings (SSSR count). The molecular weight excluding hydrogens is 548 g/mol. The van der Waals surface area contributed by atoms with Crippen molar-refractivity contribution in [1.29, 1.82) is 0 Å². The molecule has 0 saturated heterocycles. The lowest BCUT2D eigenvalue weighted by Crippen LogP contribution is -2.46. The van der Waals surface area contributed by atoms with E-state index < -0.39 is 21.5 Å². The third-order valence-electron chi connectivity index (χ3n) is 7.89. The van der Waals surface area contributed by atoms with Crippen molar-refractivity contribution in [3.05, 3.63) is 153 Å². The van der Waals surface area contributed by atoms with Gasteiger partial charge in [-0.25, -0.2) is 0 Å². The predicted octanol–water partition coefficient (Wildman–Crippen LogP) is 10.9. The zero-order valence-corrected chi connectivity index (χ0v) is 24.2. The summed E-state index contributed by atoms with van der Waals surface area (Å²) in [5, 5.41) is 0. The molecule has 0 fully saturated rings. The van der Waals surface area contributed by atoms with E-state index in [1.807, 2.05) is 107 Å². The molecule has 204 valence electrons. The highest BCUT2D eigenvalue weighted by Gasteiger charge is 2.59. The molecule has 0 saturated carbocycles. The van der Waals surface area contributed by atoms with E-state index in [-0.39, 0.29) is 0 Å². The molecule has 4 aromatic rings. The summed E-state index contributed by atoms with van der Waals surface area (Å²) in [7, 11) is 0. The van der Waals surface area contributed by atoms with E-state index in [4.69, 9.17) is 23.2 Å². The molecule has 2 unspecified atom stereocenters. The van der Waals surface area contributed by atoms with Crippen molar-refractivity contribution in [2.24, 2.45) is 0 Å². The van der Waals surface area contributed by atoms with Gasteiger partial charge in [-0.3, -0.25) is 0 Å². The van der Waals surface area contributed by atoms with Gasteiger partial charge < -0.3 is 0 Å². The first-order valence-corrected chi connectivity index (χ1v) is 13.8. The molecule has 0 aliphatic heterocycles. The highest BCUT2D eigenvalue weighted by molar-refractivity contribution is 6.42. The van der Waals surface area contributed by atoms with Crippen molar-refractivity contribution in [3.63, 3.8) is 0 Å². The summed E-state index contributed by atoms with van der Waals surface area (Å²) in [6, 6.07) is 31.2. The summed E-state index contributed by atoms with van der Waals surface area (Å²) in [5.41, 5.74) is 7.84. The Morgan fingerprint density at radius 3 is 1.77 bits per heavy atom. The highest BCUT2D eigenvalue weighted by Crippen LogP contribution is 2.66. The van der Waals surface area contributed by atoms with Crippen molar-refractivity contribution in [3.8, 4) is 0 Å². The van der Waals surface area contributed by atoms with E-state index in [1.165, 1.54) is 12.1 Å². The minimum atomic E-state index is -4.43. The molecule has 0 radical (unpaired) electrons. The van der Waals surface area contributed by atoms with E-state index in [2.05, 4.69) is 0 Å². The van der Waals surface area contributed by atoms with Gasteiger partial charge in [0.15, 0.2) is 0 Å². The van der Waals surface area contributed by atoms with Crippen LogP contribution in [0.5, 0.6) is 0 Å². The Morgan fingerprint density at radius 2 is 1.20 bits per heavy atom. The van der Waals surface area contributed by atoms with Crippen LogP contribution in [0.25, 0.3) is 11.1 Å². The van der Waals surface area contributed by atoms with Gasteiger partial charge in [0, 0.05) is 0 Å². The number of benzene rings is 4. The minimum Gasteiger partial charge on any atom is -0.166 e. The SMILES string of the molecule is CC1=C(c2ccccc2)C(Cl)(c2ccc(C)cc2)C(Cl)(c2cccc(C)c2)C(C)=C1c1ccc(C(F)(F)F)cc1. The van der Waals surface area contributed by atoms with Crippen LogP contribution < -0.4 is 0 Å². The van der Waals surface area contributed by atoms with Gasteiger partial charge in [-0.2, -0.15) is 13.2 Å². The fraction of sp³-hybridized carbons (Fsp3) is 0.200. The summed E-state index contributed by atoms with van der Waals surface area (Å²) in [6.07, 6.45) is -4.43. The number of allylic oxidation sites excluding steroid dienone is 4. The molecule has 0 heterocycles. The molecule has 0 nitrogen and oxygen atoms in total. The van der Waals surface area contributed by atoms with E-state index in [1.54, 1.807) is 0 Å². The third-order valence-corrected chi connectivity index (χ3v) is 9.46. The molecule has 1 aliphatic carbocycles. The molecule has 0 aromatic heterocycles. The standard InChI is InChI=1S/C35H29Cl2F3/c1-22-13-17-28(18-14-22)34(37)32(27-10-6-5-7-11-27)24(3)31(26-15-19-29(20-16-26)35(38,39)40)25(4)33(34,36)30-12-8-9-23(2)21-30/h5-21H,1-4H3. The normalized spacial score (nSPS) is 21.6. The Morgan fingerprint density at radius 1 is 0.575 bits per heavy atom. The van der Waals surface area contributed by atoms with Gasteiger partial charge in [-0.05, 0) is 84.4 Å². The molecule has 0 bridgehead atoms. The summed E-state index contributed by atoms with van der Waals surface area (Å²) in [4.78, 5) is -2.53. The quantitative estimate of drug-likeness (QED) is 0.212. The van der Waals surface area contributed by atoms with Gasteiger partial charge in [-0.1, -0.05) is 102 Å². The summed E-state index contributed by atoms with van der Waals surface area (Å²) < 4.78 is 40.3. The average Bonchev–Trinajstić information content (AvgIpc) is 2.93. The van der Waals surface area contributed by atoms with Crippen molar-refractivity contribution in [1.82, 2.24) is 0 Å². The largest absolute Gasteiger partial charge is 0.416 e. The molecule has 0 N–H and O–H groups in total. The molecule has 0 spiro atoms. The number of hydrogen-bond acceptors (Lipinski definition) is 0. The van der Waals surface area contributed by atoms with Gasteiger partial charge in [-0.15, -0.1) is 23.2 Å². The van der Waals surface area contributed by atoms with Crippen LogP contribution in [0.1, 0.15) is 52.8 Å². The minimum absolute atomic E-state index is 0.650. The van der Waals surface area contributed by atoms with Crippen LogP contribution in [-0.2, 0) is 15.9 Å². The lowest BCUT2D eigenvalue weighted by Gasteiger charge is -2.50. The van der Waals surface area contributed by atoms with Crippen LogP contribution in [-0.4, -0.2) is 0 Å². The maximum atomic E-state index is 13.4. The van der Waals surface area contributed by atoms with Crippen molar-refractivity contribution >= 4 is 34.3 Å². The molecule has 40 heavy (non-hydrogen) atoms. The van der Waals surface area contributed by atoms with Crippen LogP contribution in [0.2, 0.25) is 0 Å². The fourth-order valence-corrected chi connectivity index (χ4v) is 6.99. The summed E-state index contributed by atoms with van der Waals surface area (Å²) in [6.45, 7) is 7.95. The smallest absolute Gasteiger partial charge is 0.166 e. The van der Waals surface area contributed by atoms with Crippen LogP contribution in [0, 0.1) is 13.8 Å². The Balaban J connectivity index is 1.91. The maximum Gasteiger partial charge on any atom is 0.416 e. The first-order valence-electron chi connectivity index (χ1n) is 13.1. The summed E-state index contributed by atoms with van der Waals surface area (Å²) >= 11 is 16.0. The van der Waals surface area contributed by atoms with Crippen LogP contribution >= 0.6 is 23.2 Å². The topological polar surface area (TPSA) is 0 Å². The van der Waals surface area contributed by atoms with Gasteiger partial charge in [0.2, 0.25) is 0 Å². The van der Waals surface area contributed by atoms with Gasteiger partial charge in [0.1, 0.15) is 9.75 Å². The second kappa shape index (κ2) is 10.3. The molecule has 1 aliphatic rings. The Kier molecular flexibility index (Phi) is 7.27. The number of alkyl halides is 5. The number of rotatable bonds is 4. The van der Waals surface area contributed by atoms with E-state index in [0.717, 1.165) is 62.2 Å². The predicted molar refractivity (Wildman–Crippen MR) is 160 cm³/mol. The Hall–Kier alpha value is -3.27. The maximum absolute atomic E-state index is 13.4. The second-order valence-corrected chi connectivity index (χ2v) is 11.6. The van der Waals surface area contributed by atoms with Crippen molar-refractivity contribution < 1.29 is 13.2 Å². The molecule has 4 aromatic carbocycles. The van der Waals surface area contributed by atoms with E-state index >= 15 is 0 Å². The first kappa shape index (κ1) is 28.3. The fourth-order valence-electron chi connectivity index (χ4n) is 5.95. The zero-order valence-electron chi connectivity index (χ0n) is 22.7. The second-order valence-electron chi connectivity index (χ2n) is 10.5. The number of aryl methyl sites for hydroxylation is 2. The molecular formula is C35H29Cl2F3. The zero-order chi connectivity index (χ0) is 28.9. The Labute approximate surface area is 243 Å². The van der Waals surface area contributed by atoms with Crippen molar-refractivity contribution in [2.45, 2.75) is 43.6 Å². The third kappa shape index (κ3) is 4.50. The lowest BCUT2D eigenvalue weighted by molar-refractivity contribution is -0.137. The highest BCUT2D eigenvalue weighted by atomic mass is 35.5. The lowest BCUT2D eigenvalue weighted by atomic mass is 9.63. The van der Waals surface area contributed by atoms with Gasteiger partial charge in [0.05, 0.1) is 5.56 Å².